The van der Waals surface area contributed by atoms with E-state index in [2.05, 4.69) is 24.3 Å². The standard InChI is InChI=1S/C27H30N2O5/c1-26(2,3)34-24(31)28-14-18(15-30)29(27(17-28)12-13-27)25(32)33-16-23-21-10-6-4-8-19(21)20-9-5-7-11-22(20)23/h4-11,15,18,23H,12-14,16-17H2,1-3H3/t18-/m1/s1. The summed E-state index contributed by atoms with van der Waals surface area (Å²) in [6.45, 7) is 6.06. The normalized spacial score (nSPS) is 20.5. The highest BCUT2D eigenvalue weighted by Crippen LogP contribution is 2.47. The van der Waals surface area contributed by atoms with Crippen LogP contribution in [-0.2, 0) is 14.3 Å². The first-order valence-corrected chi connectivity index (χ1v) is 11.8. The minimum Gasteiger partial charge on any atom is -0.448 e. The van der Waals surface area contributed by atoms with Gasteiger partial charge in [0.25, 0.3) is 0 Å². The molecule has 1 spiro atoms. The van der Waals surface area contributed by atoms with Crippen molar-refractivity contribution in [3.05, 3.63) is 59.7 Å². The third-order valence-electron chi connectivity index (χ3n) is 6.90. The van der Waals surface area contributed by atoms with Crippen LogP contribution in [0.1, 0.15) is 50.7 Å². The van der Waals surface area contributed by atoms with Gasteiger partial charge in [-0.2, -0.15) is 0 Å². The lowest BCUT2D eigenvalue weighted by Gasteiger charge is -2.44. The van der Waals surface area contributed by atoms with Crippen LogP contribution >= 0.6 is 0 Å². The summed E-state index contributed by atoms with van der Waals surface area (Å²) in [7, 11) is 0. The summed E-state index contributed by atoms with van der Waals surface area (Å²) in [5.41, 5.74) is 3.40. The molecule has 1 aliphatic heterocycles. The molecule has 7 nitrogen and oxygen atoms in total. The Balaban J connectivity index is 1.32. The maximum Gasteiger partial charge on any atom is 0.410 e. The Morgan fingerprint density at radius 1 is 1.00 bits per heavy atom. The van der Waals surface area contributed by atoms with Crippen LogP contribution in [0, 0.1) is 0 Å². The molecule has 2 fully saturated rings. The van der Waals surface area contributed by atoms with Crippen molar-refractivity contribution in [1.29, 1.82) is 0 Å². The molecule has 5 rings (SSSR count). The van der Waals surface area contributed by atoms with E-state index in [9.17, 15) is 14.4 Å². The predicted molar refractivity (Wildman–Crippen MR) is 127 cm³/mol. The fourth-order valence-electron chi connectivity index (χ4n) is 5.26. The number of amides is 2. The molecule has 34 heavy (non-hydrogen) atoms. The molecule has 0 unspecified atom stereocenters. The molecule has 1 saturated carbocycles. The Morgan fingerprint density at radius 3 is 2.12 bits per heavy atom. The number of carbonyl (C=O) groups excluding carboxylic acids is 3. The molecule has 1 atom stereocenters. The summed E-state index contributed by atoms with van der Waals surface area (Å²) >= 11 is 0. The van der Waals surface area contributed by atoms with Gasteiger partial charge in [-0.3, -0.25) is 4.90 Å². The third-order valence-corrected chi connectivity index (χ3v) is 6.90. The first-order valence-electron chi connectivity index (χ1n) is 11.8. The van der Waals surface area contributed by atoms with Gasteiger partial charge in [-0.15, -0.1) is 0 Å². The molecular weight excluding hydrogens is 432 g/mol. The highest BCUT2D eigenvalue weighted by Gasteiger charge is 2.58. The number of nitrogens with zero attached hydrogens (tertiary/aromatic N) is 2. The fourth-order valence-corrected chi connectivity index (χ4v) is 5.26. The number of piperazine rings is 1. The zero-order valence-electron chi connectivity index (χ0n) is 19.8. The second-order valence-corrected chi connectivity index (χ2v) is 10.5. The lowest BCUT2D eigenvalue weighted by Crippen LogP contribution is -2.64. The lowest BCUT2D eigenvalue weighted by molar-refractivity contribution is -0.116. The van der Waals surface area contributed by atoms with Crippen LogP contribution in [0.15, 0.2) is 48.5 Å². The first-order chi connectivity index (χ1) is 16.2. The minimum atomic E-state index is -0.764. The van der Waals surface area contributed by atoms with Crippen LogP contribution in [0.2, 0.25) is 0 Å². The van der Waals surface area contributed by atoms with E-state index in [0.29, 0.717) is 6.54 Å². The van der Waals surface area contributed by atoms with Crippen molar-refractivity contribution in [1.82, 2.24) is 9.80 Å². The summed E-state index contributed by atoms with van der Waals surface area (Å²) in [6, 6.07) is 15.6. The van der Waals surface area contributed by atoms with Crippen LogP contribution in [-0.4, -0.2) is 65.2 Å². The van der Waals surface area contributed by atoms with Gasteiger partial charge in [0.1, 0.15) is 24.5 Å². The van der Waals surface area contributed by atoms with Crippen LogP contribution in [0.25, 0.3) is 11.1 Å². The SMILES string of the molecule is CC(C)(C)OC(=O)N1C[C@H](C=O)N(C(=O)OCC2c3ccccc3-c3ccccc32)C2(CC2)C1. The van der Waals surface area contributed by atoms with Crippen molar-refractivity contribution in [3.63, 3.8) is 0 Å². The zero-order chi connectivity index (χ0) is 24.1. The molecule has 178 valence electrons. The third kappa shape index (κ3) is 3.93. The Hall–Kier alpha value is -3.35. The van der Waals surface area contributed by atoms with Gasteiger partial charge in [0.2, 0.25) is 0 Å². The molecule has 2 aliphatic carbocycles. The maximum absolute atomic E-state index is 13.3. The van der Waals surface area contributed by atoms with Crippen molar-refractivity contribution >= 4 is 18.5 Å². The maximum atomic E-state index is 13.3. The Morgan fingerprint density at radius 2 is 1.59 bits per heavy atom. The largest absolute Gasteiger partial charge is 0.448 e. The van der Waals surface area contributed by atoms with Gasteiger partial charge in [0.05, 0.1) is 12.1 Å². The van der Waals surface area contributed by atoms with E-state index in [1.54, 1.807) is 9.80 Å². The van der Waals surface area contributed by atoms with E-state index in [1.807, 2.05) is 45.0 Å². The number of benzene rings is 2. The quantitative estimate of drug-likeness (QED) is 0.624. The van der Waals surface area contributed by atoms with Crippen molar-refractivity contribution in [2.45, 2.75) is 56.7 Å². The van der Waals surface area contributed by atoms with Gasteiger partial charge in [-0.05, 0) is 55.9 Å². The van der Waals surface area contributed by atoms with Crippen molar-refractivity contribution in [3.8, 4) is 11.1 Å². The number of fused-ring (bicyclic) bond motifs is 3. The van der Waals surface area contributed by atoms with Gasteiger partial charge in [0.15, 0.2) is 0 Å². The van der Waals surface area contributed by atoms with E-state index >= 15 is 0 Å². The average Bonchev–Trinajstić information content (AvgIpc) is 3.48. The van der Waals surface area contributed by atoms with Gasteiger partial charge in [-0.1, -0.05) is 48.5 Å². The highest BCUT2D eigenvalue weighted by molar-refractivity contribution is 5.80. The molecule has 2 aromatic rings. The van der Waals surface area contributed by atoms with Crippen molar-refractivity contribution < 1.29 is 23.9 Å². The molecule has 2 aromatic carbocycles. The molecule has 0 N–H and O–H groups in total. The van der Waals surface area contributed by atoms with Gasteiger partial charge in [0, 0.05) is 12.5 Å². The average molecular weight is 463 g/mol. The van der Waals surface area contributed by atoms with E-state index in [1.165, 1.54) is 0 Å². The van der Waals surface area contributed by atoms with Crippen LogP contribution in [0.4, 0.5) is 9.59 Å². The zero-order valence-corrected chi connectivity index (χ0v) is 19.8. The topological polar surface area (TPSA) is 76.2 Å². The summed E-state index contributed by atoms with van der Waals surface area (Å²) < 4.78 is 11.4. The summed E-state index contributed by atoms with van der Waals surface area (Å²) in [5.74, 6) is -0.0516. The van der Waals surface area contributed by atoms with E-state index in [-0.39, 0.29) is 19.1 Å². The molecule has 1 heterocycles. The monoisotopic (exact) mass is 462 g/mol. The number of aldehydes is 1. The summed E-state index contributed by atoms with van der Waals surface area (Å²) in [6.07, 6.45) is 1.22. The van der Waals surface area contributed by atoms with E-state index < -0.39 is 29.4 Å². The fraction of sp³-hybridized carbons (Fsp3) is 0.444. The molecule has 0 radical (unpaired) electrons. The summed E-state index contributed by atoms with van der Waals surface area (Å²) in [4.78, 5) is 41.1. The second kappa shape index (κ2) is 8.15. The number of ether oxygens (including phenoxy) is 2. The van der Waals surface area contributed by atoms with Crippen LogP contribution in [0.3, 0.4) is 0 Å². The number of rotatable bonds is 3. The number of hydrogen-bond donors (Lipinski definition) is 0. The number of carbonyl (C=O) groups is 3. The molecule has 3 aliphatic rings. The molecule has 1 saturated heterocycles. The van der Waals surface area contributed by atoms with Gasteiger partial charge >= 0.3 is 12.2 Å². The predicted octanol–water partition coefficient (Wildman–Crippen LogP) is 4.59. The van der Waals surface area contributed by atoms with E-state index in [4.69, 9.17) is 9.47 Å². The molecule has 0 bridgehead atoms. The Bertz CT molecular complexity index is 1090. The van der Waals surface area contributed by atoms with Crippen molar-refractivity contribution in [2.24, 2.45) is 0 Å². The highest BCUT2D eigenvalue weighted by atomic mass is 16.6. The molecule has 2 amide bonds. The molecular formula is C27H30N2O5. The van der Waals surface area contributed by atoms with Gasteiger partial charge in [-0.25, -0.2) is 9.59 Å². The second-order valence-electron chi connectivity index (χ2n) is 10.5. The Labute approximate surface area is 199 Å². The molecule has 0 aromatic heterocycles. The van der Waals surface area contributed by atoms with Gasteiger partial charge < -0.3 is 19.2 Å². The lowest BCUT2D eigenvalue weighted by atomic mass is 9.98. The Kier molecular flexibility index (Phi) is 5.38. The number of hydrogen-bond acceptors (Lipinski definition) is 5. The van der Waals surface area contributed by atoms with Crippen LogP contribution < -0.4 is 0 Å². The summed E-state index contributed by atoms with van der Waals surface area (Å²) in [5, 5.41) is 0. The van der Waals surface area contributed by atoms with Crippen molar-refractivity contribution in [2.75, 3.05) is 19.7 Å². The first kappa shape index (κ1) is 22.4. The van der Waals surface area contributed by atoms with Crippen LogP contribution in [0.5, 0.6) is 0 Å². The minimum absolute atomic E-state index is 0.0516. The van der Waals surface area contributed by atoms with E-state index in [0.717, 1.165) is 41.4 Å². The smallest absolute Gasteiger partial charge is 0.410 e. The molecule has 7 heteroatoms.